The fourth-order valence-electron chi connectivity index (χ4n) is 1.33. The Bertz CT molecular complexity index is 275. The maximum atomic E-state index is 5.94. The molecule has 0 aliphatic rings. The Morgan fingerprint density at radius 1 is 1.19 bits per heavy atom. The summed E-state index contributed by atoms with van der Waals surface area (Å²) in [6, 6.07) is 0. The molecular weight excluding hydrogens is 286 g/mol. The summed E-state index contributed by atoms with van der Waals surface area (Å²) in [5.41, 5.74) is 7.77. The van der Waals surface area contributed by atoms with Crippen LogP contribution in [0.5, 0.6) is 0 Å². The van der Waals surface area contributed by atoms with E-state index in [-0.39, 0.29) is 0 Å². The fraction of sp³-hybridized carbons (Fsp3) is 0.538. The largest absolute Gasteiger partial charge is 0.389 e. The van der Waals surface area contributed by atoms with Crippen LogP contribution in [0.15, 0.2) is 32.9 Å². The number of rotatable bonds is 6. The minimum absolute atomic E-state index is 0.351. The van der Waals surface area contributed by atoms with Crippen LogP contribution in [-0.4, -0.2) is 0 Å². The topological polar surface area (TPSA) is 26.0 Å². The molecule has 0 saturated heterocycles. The number of unbranched alkanes of at least 4 members (excludes halogenated alkanes) is 2. The highest BCUT2D eigenvalue weighted by Gasteiger charge is 2.08. The van der Waals surface area contributed by atoms with E-state index in [9.17, 15) is 0 Å². The molecule has 3 heteroatoms. The summed E-state index contributed by atoms with van der Waals surface area (Å²) in [5, 5.41) is 0.351. The van der Waals surface area contributed by atoms with E-state index >= 15 is 0 Å². The second-order valence-electron chi connectivity index (χ2n) is 3.74. The maximum Gasteiger partial charge on any atom is 0.108 e. The summed E-state index contributed by atoms with van der Waals surface area (Å²) in [5.74, 6) is 0. The minimum atomic E-state index is 0.351. The van der Waals surface area contributed by atoms with E-state index in [4.69, 9.17) is 17.3 Å². The van der Waals surface area contributed by atoms with Crippen LogP contribution in [0.25, 0.3) is 0 Å². The summed E-state index contributed by atoms with van der Waals surface area (Å²) in [4.78, 5) is 0. The Labute approximate surface area is 113 Å². The summed E-state index contributed by atoms with van der Waals surface area (Å²) >= 11 is 9.47. The number of hydrogen-bond donors (Lipinski definition) is 1. The number of nitrogens with two attached hydrogens (primary N) is 1. The Morgan fingerprint density at radius 2 is 1.69 bits per heavy atom. The van der Waals surface area contributed by atoms with Gasteiger partial charge in [0.1, 0.15) is 5.16 Å². The van der Waals surface area contributed by atoms with Crippen molar-refractivity contribution in [3.63, 3.8) is 0 Å². The maximum absolute atomic E-state index is 5.94. The van der Waals surface area contributed by atoms with Crippen LogP contribution in [0.1, 0.15) is 46.5 Å². The molecule has 0 bridgehead atoms. The van der Waals surface area contributed by atoms with Gasteiger partial charge in [-0.2, -0.15) is 0 Å². The third-order valence-electron chi connectivity index (χ3n) is 2.22. The normalized spacial score (nSPS) is 15.1. The third kappa shape index (κ3) is 5.76. The van der Waals surface area contributed by atoms with E-state index in [0.29, 0.717) is 5.16 Å². The van der Waals surface area contributed by atoms with Crippen molar-refractivity contribution < 1.29 is 0 Å². The van der Waals surface area contributed by atoms with Gasteiger partial charge in [-0.15, -0.1) is 0 Å². The van der Waals surface area contributed by atoms with Crippen molar-refractivity contribution in [3.05, 3.63) is 32.9 Å². The lowest BCUT2D eigenvalue weighted by atomic mass is 10.1. The molecule has 2 N–H and O–H groups in total. The quantitative estimate of drug-likeness (QED) is 0.528. The van der Waals surface area contributed by atoms with Gasteiger partial charge in [0.15, 0.2) is 0 Å². The molecule has 0 saturated carbocycles. The zero-order chi connectivity index (χ0) is 12.6. The molecule has 0 aromatic heterocycles. The van der Waals surface area contributed by atoms with Crippen LogP contribution in [0.3, 0.4) is 0 Å². The molecule has 0 aromatic carbocycles. The zero-order valence-electron chi connectivity index (χ0n) is 10.3. The third-order valence-corrected chi connectivity index (χ3v) is 3.13. The predicted molar refractivity (Wildman–Crippen MR) is 77.6 cm³/mol. The lowest BCUT2D eigenvalue weighted by Gasteiger charge is -2.09. The summed E-state index contributed by atoms with van der Waals surface area (Å²) in [7, 11) is 0. The van der Waals surface area contributed by atoms with E-state index in [1.165, 1.54) is 0 Å². The van der Waals surface area contributed by atoms with Crippen molar-refractivity contribution in [1.82, 2.24) is 0 Å². The van der Waals surface area contributed by atoms with Gasteiger partial charge >= 0.3 is 0 Å². The van der Waals surface area contributed by atoms with E-state index in [1.54, 1.807) is 0 Å². The van der Waals surface area contributed by atoms with Crippen LogP contribution in [0.4, 0.5) is 0 Å². The number of allylic oxidation sites excluding steroid dienone is 5. The van der Waals surface area contributed by atoms with Gasteiger partial charge in [-0.3, -0.25) is 0 Å². The van der Waals surface area contributed by atoms with Gasteiger partial charge in [-0.25, -0.2) is 0 Å². The zero-order valence-corrected chi connectivity index (χ0v) is 12.7. The summed E-state index contributed by atoms with van der Waals surface area (Å²) in [6.45, 7) is 6.34. The highest BCUT2D eigenvalue weighted by atomic mass is 79.9. The van der Waals surface area contributed by atoms with E-state index in [2.05, 4.69) is 41.9 Å². The first kappa shape index (κ1) is 15.8. The molecule has 0 fully saturated rings. The molecule has 0 aliphatic carbocycles. The summed E-state index contributed by atoms with van der Waals surface area (Å²) < 4.78 is 0.992. The van der Waals surface area contributed by atoms with Crippen LogP contribution >= 0.6 is 27.5 Å². The molecule has 0 unspecified atom stereocenters. The Kier molecular flexibility index (Phi) is 8.77. The molecular formula is C13H21BrClN. The lowest BCUT2D eigenvalue weighted by Crippen LogP contribution is -1.98. The van der Waals surface area contributed by atoms with Gasteiger partial charge in [-0.05, 0) is 25.3 Å². The van der Waals surface area contributed by atoms with Crippen molar-refractivity contribution in [2.75, 3.05) is 0 Å². The van der Waals surface area contributed by atoms with Crippen molar-refractivity contribution in [1.29, 1.82) is 0 Å². The van der Waals surface area contributed by atoms with Crippen LogP contribution in [0, 0.1) is 0 Å². The van der Waals surface area contributed by atoms with E-state index < -0.39 is 0 Å². The van der Waals surface area contributed by atoms with Gasteiger partial charge in [0.25, 0.3) is 0 Å². The molecule has 0 heterocycles. The van der Waals surface area contributed by atoms with Crippen molar-refractivity contribution >= 4 is 27.5 Å². The predicted octanol–water partition coefficient (Wildman–Crippen LogP) is 5.22. The lowest BCUT2D eigenvalue weighted by molar-refractivity contribution is 0.947. The average molecular weight is 307 g/mol. The smallest absolute Gasteiger partial charge is 0.108 e. The first-order valence-electron chi connectivity index (χ1n) is 5.72. The minimum Gasteiger partial charge on any atom is -0.389 e. The highest BCUT2D eigenvalue weighted by molar-refractivity contribution is 9.12. The van der Waals surface area contributed by atoms with Crippen LogP contribution in [0.2, 0.25) is 0 Å². The van der Waals surface area contributed by atoms with Crippen molar-refractivity contribution in [2.45, 2.75) is 46.5 Å². The Balaban J connectivity index is 4.98. The first-order chi connectivity index (χ1) is 7.54. The van der Waals surface area contributed by atoms with E-state index in [1.807, 2.05) is 6.92 Å². The van der Waals surface area contributed by atoms with Gasteiger partial charge in [0, 0.05) is 10.1 Å². The molecule has 0 amide bonds. The Morgan fingerprint density at radius 3 is 2.12 bits per heavy atom. The average Bonchev–Trinajstić information content (AvgIpc) is 2.23. The highest BCUT2D eigenvalue weighted by Crippen LogP contribution is 2.28. The standard InChI is InChI=1S/C13H21BrClN/c1-4-6-8-10(3)12(13(15)16)11(14)9-7-5-2/h8-9H,4-7,16H2,1-3H3/b10-8+,11-9+,13-12+. The molecule has 0 aliphatic heterocycles. The molecule has 92 valence electrons. The van der Waals surface area contributed by atoms with E-state index in [0.717, 1.165) is 41.3 Å². The second-order valence-corrected chi connectivity index (χ2v) is 5.00. The first-order valence-corrected chi connectivity index (χ1v) is 6.90. The van der Waals surface area contributed by atoms with Gasteiger partial charge in [-0.1, -0.05) is 66.4 Å². The van der Waals surface area contributed by atoms with Gasteiger partial charge in [0.2, 0.25) is 0 Å². The molecule has 0 rings (SSSR count). The molecule has 0 aromatic rings. The number of hydrogen-bond acceptors (Lipinski definition) is 1. The van der Waals surface area contributed by atoms with Crippen molar-refractivity contribution in [2.24, 2.45) is 5.73 Å². The summed E-state index contributed by atoms with van der Waals surface area (Å²) in [6.07, 6.45) is 8.60. The van der Waals surface area contributed by atoms with Crippen LogP contribution < -0.4 is 5.73 Å². The van der Waals surface area contributed by atoms with Gasteiger partial charge < -0.3 is 5.73 Å². The fourth-order valence-corrected chi connectivity index (χ4v) is 2.45. The Hall–Kier alpha value is -0.210. The molecule has 0 atom stereocenters. The number of halogens is 2. The molecule has 0 spiro atoms. The molecule has 0 radical (unpaired) electrons. The van der Waals surface area contributed by atoms with Crippen LogP contribution in [-0.2, 0) is 0 Å². The molecule has 16 heavy (non-hydrogen) atoms. The van der Waals surface area contributed by atoms with Gasteiger partial charge in [0.05, 0.1) is 0 Å². The van der Waals surface area contributed by atoms with Crippen molar-refractivity contribution in [3.8, 4) is 0 Å². The monoisotopic (exact) mass is 305 g/mol. The molecule has 1 nitrogen and oxygen atoms in total. The second kappa shape index (κ2) is 8.89. The SMILES string of the molecule is CCC/C=C(C)/C(=C(\N)Cl)C(/Br)=C\CCC.